The molecule has 6 aliphatic carbocycles. The molecule has 6 saturated carbocycles. The second-order valence-corrected chi connectivity index (χ2v) is 28.5. The molecule has 0 aromatic heterocycles. The highest BCUT2D eigenvalue weighted by Crippen LogP contribution is 2.60. The largest absolute Gasteiger partial charge is 0.479 e. The Morgan fingerprint density at radius 2 is 0.733 bits per heavy atom. The third-order valence-electron chi connectivity index (χ3n) is 22.5. The topological polar surface area (TPSA) is 261 Å². The normalized spacial score (nSPS) is 33.4. The Kier molecular flexibility index (Phi) is 22.8. The Bertz CT molecular complexity index is 2310. The third-order valence-corrected chi connectivity index (χ3v) is 22.5. The van der Waals surface area contributed by atoms with Crippen molar-refractivity contribution in [1.29, 1.82) is 0 Å². The first kappa shape index (κ1) is 68.0. The van der Waals surface area contributed by atoms with Crippen LogP contribution < -0.4 is 5.73 Å². The smallest absolute Gasteiger partial charge is 0.335 e. The number of carbonyl (C=O) groups is 7. The molecule has 11 aliphatic rings. The molecule has 5 heterocycles. The molecule has 5 aliphatic heterocycles. The molecule has 0 radical (unpaired) electrons. The van der Waals surface area contributed by atoms with E-state index in [2.05, 4.69) is 9.69 Å². The molecular weight excluding hydrogens is 1100 g/mol. The number of amides is 8. The number of likely N-dealkylation sites (tertiary alicyclic amines) is 5. The number of hydrogen-bond donors (Lipinski definition) is 5. The number of nitrogens with two attached hydrogens (primary N) is 1. The molecule has 11 fully saturated rings. The molecule has 482 valence electrons. The van der Waals surface area contributed by atoms with Crippen LogP contribution >= 0.6 is 0 Å². The van der Waals surface area contributed by atoms with Crippen molar-refractivity contribution in [3.05, 3.63) is 22.8 Å². The van der Waals surface area contributed by atoms with Crippen molar-refractivity contribution >= 4 is 41.8 Å². The zero-order chi connectivity index (χ0) is 61.7. The van der Waals surface area contributed by atoms with E-state index in [-0.39, 0.29) is 66.0 Å². The molecule has 22 heteroatoms. The summed E-state index contributed by atoms with van der Waals surface area (Å²) in [5, 5.41) is 32.5. The van der Waals surface area contributed by atoms with Gasteiger partial charge in [0, 0.05) is 126 Å². The van der Waals surface area contributed by atoms with Gasteiger partial charge in [-0.3, -0.25) is 29.1 Å². The highest BCUT2D eigenvalue weighted by molar-refractivity contribution is 5.83. The van der Waals surface area contributed by atoms with Crippen LogP contribution in [-0.2, 0) is 19.2 Å². The predicted octanol–water partition coefficient (Wildman–Crippen LogP) is 7.30. The number of aliphatic hydroxyl groups is 2. The Hall–Kier alpha value is -5.45. The molecule has 0 aromatic rings. The second-order valence-electron chi connectivity index (χ2n) is 28.5. The van der Waals surface area contributed by atoms with Crippen molar-refractivity contribution in [2.75, 3.05) is 94.6 Å². The fraction of sp³-hybridized carbons (Fsp3) is 0.859. The summed E-state index contributed by atoms with van der Waals surface area (Å²) in [6, 6.07) is 0.403. The molecule has 5 saturated heterocycles. The van der Waals surface area contributed by atoms with E-state index in [0.29, 0.717) is 60.2 Å². The number of nitrogens with zero attached hydrogens (tertiary/aromatic N) is 10. The van der Waals surface area contributed by atoms with Gasteiger partial charge in [0.2, 0.25) is 11.8 Å². The number of hydrogen-bond acceptors (Lipinski definition) is 10. The van der Waals surface area contributed by atoms with Gasteiger partial charge in [-0.05, 0) is 154 Å². The van der Waals surface area contributed by atoms with E-state index >= 15 is 0 Å². The van der Waals surface area contributed by atoms with Crippen molar-refractivity contribution in [2.24, 2.45) is 69.8 Å². The zero-order valence-corrected chi connectivity index (χ0v) is 51.8. The first-order valence-electron chi connectivity index (χ1n) is 32.1. The number of aliphatic hydroxyl groups excluding tert-OH is 2. The molecular formula is C64H105N11O11. The maximum Gasteiger partial charge on any atom is 0.335 e. The summed E-state index contributed by atoms with van der Waals surface area (Å²) in [7, 11) is 11.0. The number of fused-ring (bicyclic) bond motifs is 3. The van der Waals surface area contributed by atoms with Gasteiger partial charge in [0.15, 0.2) is 12.2 Å². The zero-order valence-electron chi connectivity index (χ0n) is 51.8. The van der Waals surface area contributed by atoms with Crippen LogP contribution in [0.4, 0.5) is 14.4 Å². The van der Waals surface area contributed by atoms with E-state index in [0.717, 1.165) is 122 Å². The minimum absolute atomic E-state index is 0. The van der Waals surface area contributed by atoms with Crippen LogP contribution in [0.5, 0.6) is 0 Å². The second kappa shape index (κ2) is 28.8. The predicted molar refractivity (Wildman–Crippen MR) is 324 cm³/mol. The summed E-state index contributed by atoms with van der Waals surface area (Å²) in [4.78, 5) is 105. The Labute approximate surface area is 512 Å². The summed E-state index contributed by atoms with van der Waals surface area (Å²) in [6.07, 6.45) is 22.0. The van der Waals surface area contributed by atoms with Gasteiger partial charge in [0.25, 0.3) is 0 Å². The van der Waals surface area contributed by atoms with Gasteiger partial charge in [-0.15, -0.1) is 0 Å². The minimum Gasteiger partial charge on any atom is -0.479 e. The Balaban J connectivity index is 0.000000173. The highest BCUT2D eigenvalue weighted by Gasteiger charge is 2.57. The first-order valence-corrected chi connectivity index (χ1v) is 32.1. The van der Waals surface area contributed by atoms with E-state index in [1.54, 1.807) is 14.7 Å². The molecule has 0 bridgehead atoms. The number of rotatable bonds is 10. The average Bonchev–Trinajstić information content (AvgIpc) is 2.13. The quantitative estimate of drug-likeness (QED) is 0.135. The molecule has 0 aromatic carbocycles. The van der Waals surface area contributed by atoms with Gasteiger partial charge in [0.05, 0.1) is 0 Å². The van der Waals surface area contributed by atoms with Crippen molar-refractivity contribution in [2.45, 2.75) is 192 Å². The lowest BCUT2D eigenvalue weighted by Gasteiger charge is -2.38. The average molecular weight is 1200 g/mol. The lowest BCUT2D eigenvalue weighted by Crippen LogP contribution is -2.46. The molecule has 8 amide bonds. The minimum atomic E-state index is -2.27. The van der Waals surface area contributed by atoms with E-state index in [4.69, 9.17) is 39.3 Å². The van der Waals surface area contributed by atoms with E-state index in [1.165, 1.54) is 77.0 Å². The summed E-state index contributed by atoms with van der Waals surface area (Å²) >= 11 is 0. The fourth-order valence-corrected chi connectivity index (χ4v) is 18.4. The van der Waals surface area contributed by atoms with Crippen LogP contribution in [0.2, 0.25) is 0 Å². The molecule has 11 rings (SSSR count). The Morgan fingerprint density at radius 1 is 0.465 bits per heavy atom. The summed E-state index contributed by atoms with van der Waals surface area (Å²) in [6.45, 7) is 21.6. The molecule has 86 heavy (non-hydrogen) atoms. The van der Waals surface area contributed by atoms with Crippen molar-refractivity contribution in [1.82, 2.24) is 39.2 Å². The van der Waals surface area contributed by atoms with E-state index in [1.807, 2.05) is 66.8 Å². The maximum atomic E-state index is 13.2. The summed E-state index contributed by atoms with van der Waals surface area (Å²) < 4.78 is 0. The number of carboxylic acids is 2. The number of carbonyl (C=O) groups excluding carboxylic acids is 5. The van der Waals surface area contributed by atoms with Crippen LogP contribution in [0, 0.1) is 77.2 Å². The van der Waals surface area contributed by atoms with Gasteiger partial charge >= 0.3 is 42.4 Å². The van der Waals surface area contributed by atoms with Gasteiger partial charge in [-0.25, -0.2) is 37.1 Å². The van der Waals surface area contributed by atoms with Crippen LogP contribution in [0.15, 0.2) is 0 Å². The molecule has 22 nitrogen and oxygen atoms in total. The number of urea groups is 3. The highest BCUT2D eigenvalue weighted by atomic mass is 16.4. The number of carboxylic acid groups (broad SMARTS) is 2. The van der Waals surface area contributed by atoms with Crippen molar-refractivity contribution < 1.29 is 54.0 Å². The standard InChI is InChI=1S/2C22H34N4O2.C15H27N3O.C4H6O6.CH4/c2*1-23-19-9-6-10-26(19)20(27)13-22(18-7-4-5-8-18)11-16-14-25(15-17(16)12-22)21(28)24(2)3;1-17(2)14(19)18-9-11-7-15(16,8-12(11)10-18)13-5-3-4-6-13;5-1(3(7)8)2(6)4(9)10;/h2*16-19H,4-15H2,2-3H3;11-13H,3-10,16H2,1-2H3;1-2,5-6H,(H,7,8)(H,9,10);1H4/t2*16-,17+,19-,22?;11-,12+,15?;;/m00.../s1. The summed E-state index contributed by atoms with van der Waals surface area (Å²) in [5.41, 5.74) is 7.01. The lowest BCUT2D eigenvalue weighted by atomic mass is 9.69. The van der Waals surface area contributed by atoms with Gasteiger partial charge in [-0.1, -0.05) is 46.0 Å². The fourth-order valence-electron chi connectivity index (χ4n) is 18.4. The molecule has 13 atom stereocenters. The van der Waals surface area contributed by atoms with Crippen LogP contribution in [0.1, 0.15) is 162 Å². The monoisotopic (exact) mass is 1200 g/mol. The van der Waals surface area contributed by atoms with Gasteiger partial charge in [-0.2, -0.15) is 0 Å². The van der Waals surface area contributed by atoms with E-state index in [9.17, 15) is 33.6 Å². The third kappa shape index (κ3) is 15.0. The van der Waals surface area contributed by atoms with Crippen molar-refractivity contribution in [3.8, 4) is 0 Å². The molecule has 0 spiro atoms. The van der Waals surface area contributed by atoms with Gasteiger partial charge < -0.3 is 55.6 Å². The molecule has 6 N–H and O–H groups in total. The first-order chi connectivity index (χ1) is 40.3. The van der Waals surface area contributed by atoms with Crippen molar-refractivity contribution in [3.63, 3.8) is 0 Å². The maximum absolute atomic E-state index is 13.2. The van der Waals surface area contributed by atoms with E-state index < -0.39 is 24.1 Å². The van der Waals surface area contributed by atoms with Crippen LogP contribution in [-0.4, -0.2) is 226 Å². The Morgan fingerprint density at radius 3 is 0.988 bits per heavy atom. The molecule has 5 unspecified atom stereocenters. The summed E-state index contributed by atoms with van der Waals surface area (Å²) in [5.74, 6) is 2.37. The lowest BCUT2D eigenvalue weighted by molar-refractivity contribution is -0.165. The SMILES string of the molecule is C.CN(C)C(=O)N1C[C@@H]2CC(N)(C3CCCC3)C[C@@H]2C1.O=C(O)C(O)C(O)C(=O)O.[C-]#[N+][C@@H]1CCCN1C(=O)CC1(C2CCCC2)C[C@H]2CN(C(=O)N(C)C)C[C@H]2C1.[C-]#[N+][C@@H]1CCCN1C(=O)CC1(C2CCCC2)C[C@H]2CN(C(=O)N(C)C)C[C@H]2C1. The van der Waals surface area contributed by atoms with Gasteiger partial charge in [0.1, 0.15) is 0 Å². The number of aliphatic carboxylic acids is 2. The van der Waals surface area contributed by atoms with Crippen LogP contribution in [0.3, 0.4) is 0 Å². The van der Waals surface area contributed by atoms with Crippen LogP contribution in [0.25, 0.3) is 9.69 Å².